The number of urea groups is 1. The van der Waals surface area contributed by atoms with Crippen LogP contribution >= 0.6 is 0 Å². The highest BCUT2D eigenvalue weighted by Crippen LogP contribution is 2.10. The molecule has 0 aromatic heterocycles. The third-order valence-corrected chi connectivity index (χ3v) is 1.94. The van der Waals surface area contributed by atoms with Gasteiger partial charge in [-0.05, 0) is 23.8 Å². The van der Waals surface area contributed by atoms with Crippen molar-refractivity contribution in [3.05, 3.63) is 35.9 Å². The first kappa shape index (κ1) is 13.3. The molecule has 0 unspecified atom stereocenters. The zero-order valence-corrected chi connectivity index (χ0v) is 9.51. The Morgan fingerprint density at radius 2 is 2.00 bits per heavy atom. The second-order valence-electron chi connectivity index (χ2n) is 3.31. The van der Waals surface area contributed by atoms with E-state index >= 15 is 0 Å². The predicted octanol–water partition coefficient (Wildman–Crippen LogP) is 1.54. The molecule has 0 aliphatic carbocycles. The lowest BCUT2D eigenvalue weighted by Gasteiger charge is -2.05. The highest BCUT2D eigenvalue weighted by molar-refractivity contribution is 5.89. The van der Waals surface area contributed by atoms with Gasteiger partial charge >= 0.3 is 12.0 Å². The third kappa shape index (κ3) is 4.86. The van der Waals surface area contributed by atoms with Gasteiger partial charge in [0.1, 0.15) is 0 Å². The number of rotatable bonds is 4. The van der Waals surface area contributed by atoms with E-state index in [4.69, 9.17) is 11.5 Å². The minimum atomic E-state index is -1.01. The Kier molecular flexibility index (Phi) is 5.00. The van der Waals surface area contributed by atoms with Crippen molar-refractivity contribution in [2.45, 2.75) is 0 Å². The predicted molar refractivity (Wildman–Crippen MR) is 69.0 cm³/mol. The van der Waals surface area contributed by atoms with Crippen LogP contribution in [0.5, 0.6) is 0 Å². The minimum Gasteiger partial charge on any atom is -0.478 e. The standard InChI is InChI=1S/C13H12N2O3/c1-2-9-14-13(18)15-11-6-3-10(4-7-11)5-8-12(16)17/h1,3-8H,9H2,(H,16,17)(H2,14,15,18)/b8-5+. The molecule has 0 radical (unpaired) electrons. The summed E-state index contributed by atoms with van der Waals surface area (Å²) in [5.41, 5.74) is 1.32. The number of aliphatic carboxylic acids is 1. The lowest BCUT2D eigenvalue weighted by Crippen LogP contribution is -2.28. The van der Waals surface area contributed by atoms with Crippen LogP contribution in [0.3, 0.4) is 0 Å². The van der Waals surface area contributed by atoms with Crippen LogP contribution in [0, 0.1) is 12.3 Å². The van der Waals surface area contributed by atoms with Crippen molar-refractivity contribution in [3.63, 3.8) is 0 Å². The molecule has 3 N–H and O–H groups in total. The summed E-state index contributed by atoms with van der Waals surface area (Å²) in [6, 6.07) is 6.32. The number of carbonyl (C=O) groups is 2. The Morgan fingerprint density at radius 3 is 2.56 bits per heavy atom. The number of amides is 2. The van der Waals surface area contributed by atoms with Crippen molar-refractivity contribution in [2.24, 2.45) is 0 Å². The molecular weight excluding hydrogens is 232 g/mol. The van der Waals surface area contributed by atoms with Crippen molar-refractivity contribution >= 4 is 23.8 Å². The summed E-state index contributed by atoms with van der Waals surface area (Å²) in [5, 5.41) is 13.5. The number of benzene rings is 1. The largest absolute Gasteiger partial charge is 0.478 e. The molecule has 0 atom stereocenters. The van der Waals surface area contributed by atoms with Crippen LogP contribution in [0.4, 0.5) is 10.5 Å². The molecule has 0 saturated heterocycles. The number of carboxylic acids is 1. The Hall–Kier alpha value is -2.74. The van der Waals surface area contributed by atoms with Gasteiger partial charge in [0.15, 0.2) is 0 Å². The second-order valence-corrected chi connectivity index (χ2v) is 3.31. The SMILES string of the molecule is C#CCNC(=O)Nc1ccc(/C=C/C(=O)O)cc1. The average molecular weight is 244 g/mol. The average Bonchev–Trinajstić information content (AvgIpc) is 2.35. The van der Waals surface area contributed by atoms with Gasteiger partial charge < -0.3 is 15.7 Å². The maximum absolute atomic E-state index is 11.3. The molecule has 0 heterocycles. The van der Waals surface area contributed by atoms with Gasteiger partial charge in [-0.25, -0.2) is 9.59 Å². The van der Waals surface area contributed by atoms with Gasteiger partial charge in [-0.15, -0.1) is 6.42 Å². The van der Waals surface area contributed by atoms with E-state index in [2.05, 4.69) is 16.6 Å². The zero-order chi connectivity index (χ0) is 13.4. The molecule has 0 aliphatic rings. The van der Waals surface area contributed by atoms with E-state index in [-0.39, 0.29) is 12.6 Å². The lowest BCUT2D eigenvalue weighted by molar-refractivity contribution is -0.131. The third-order valence-electron chi connectivity index (χ3n) is 1.94. The van der Waals surface area contributed by atoms with Gasteiger partial charge in [0, 0.05) is 11.8 Å². The van der Waals surface area contributed by atoms with Crippen molar-refractivity contribution in [3.8, 4) is 12.3 Å². The second kappa shape index (κ2) is 6.76. The highest BCUT2D eigenvalue weighted by Gasteiger charge is 1.99. The molecule has 0 spiro atoms. The van der Waals surface area contributed by atoms with Crippen LogP contribution in [0.1, 0.15) is 5.56 Å². The smallest absolute Gasteiger partial charge is 0.328 e. The molecule has 0 aliphatic heterocycles. The van der Waals surface area contributed by atoms with E-state index in [9.17, 15) is 9.59 Å². The van der Waals surface area contributed by atoms with Crippen molar-refractivity contribution in [1.29, 1.82) is 0 Å². The lowest BCUT2D eigenvalue weighted by atomic mass is 10.2. The fourth-order valence-electron chi connectivity index (χ4n) is 1.15. The van der Waals surface area contributed by atoms with E-state index in [1.54, 1.807) is 24.3 Å². The van der Waals surface area contributed by atoms with Crippen LogP contribution in [0.15, 0.2) is 30.3 Å². The molecule has 1 aromatic carbocycles. The molecule has 1 aromatic rings. The Labute approximate surface area is 105 Å². The molecule has 0 bridgehead atoms. The van der Waals surface area contributed by atoms with Crippen molar-refractivity contribution in [1.82, 2.24) is 5.32 Å². The number of hydrogen-bond donors (Lipinski definition) is 3. The summed E-state index contributed by atoms with van der Waals surface area (Å²) in [5.74, 6) is 1.28. The fourth-order valence-corrected chi connectivity index (χ4v) is 1.15. The minimum absolute atomic E-state index is 0.158. The van der Waals surface area contributed by atoms with Gasteiger partial charge in [-0.1, -0.05) is 18.1 Å². The summed E-state index contributed by atoms with van der Waals surface area (Å²) in [6.45, 7) is 0.158. The number of hydrogen-bond acceptors (Lipinski definition) is 2. The molecule has 1 rings (SSSR count). The van der Waals surface area contributed by atoms with Crippen LogP contribution in [-0.4, -0.2) is 23.7 Å². The maximum Gasteiger partial charge on any atom is 0.328 e. The van der Waals surface area contributed by atoms with Crippen LogP contribution in [0.25, 0.3) is 6.08 Å². The molecule has 92 valence electrons. The van der Waals surface area contributed by atoms with Gasteiger partial charge in [-0.3, -0.25) is 0 Å². The van der Waals surface area contributed by atoms with E-state index in [0.717, 1.165) is 11.6 Å². The maximum atomic E-state index is 11.3. The topological polar surface area (TPSA) is 78.4 Å². The Morgan fingerprint density at radius 1 is 1.33 bits per heavy atom. The van der Waals surface area contributed by atoms with Gasteiger partial charge in [0.2, 0.25) is 0 Å². The number of anilines is 1. The molecule has 5 nitrogen and oxygen atoms in total. The van der Waals surface area contributed by atoms with Gasteiger partial charge in [0.05, 0.1) is 6.54 Å². The molecule has 2 amide bonds. The summed E-state index contributed by atoms with van der Waals surface area (Å²) in [6.07, 6.45) is 7.51. The number of carbonyl (C=O) groups excluding carboxylic acids is 1. The highest BCUT2D eigenvalue weighted by atomic mass is 16.4. The quantitative estimate of drug-likeness (QED) is 0.555. The molecule has 5 heteroatoms. The number of terminal acetylenes is 1. The summed E-state index contributed by atoms with van der Waals surface area (Å²) >= 11 is 0. The van der Waals surface area contributed by atoms with E-state index < -0.39 is 5.97 Å². The first-order chi connectivity index (χ1) is 8.61. The van der Waals surface area contributed by atoms with E-state index in [1.807, 2.05) is 0 Å². The summed E-state index contributed by atoms with van der Waals surface area (Å²) in [7, 11) is 0. The van der Waals surface area contributed by atoms with E-state index in [1.165, 1.54) is 6.08 Å². The van der Waals surface area contributed by atoms with Crippen molar-refractivity contribution < 1.29 is 14.7 Å². The molecule has 0 fully saturated rings. The first-order valence-corrected chi connectivity index (χ1v) is 5.11. The summed E-state index contributed by atoms with van der Waals surface area (Å²) in [4.78, 5) is 21.6. The monoisotopic (exact) mass is 244 g/mol. The summed E-state index contributed by atoms with van der Waals surface area (Å²) < 4.78 is 0. The fraction of sp³-hybridized carbons (Fsp3) is 0.0769. The van der Waals surface area contributed by atoms with Crippen molar-refractivity contribution in [2.75, 3.05) is 11.9 Å². The number of carboxylic acid groups (broad SMARTS) is 1. The zero-order valence-electron chi connectivity index (χ0n) is 9.51. The number of nitrogens with one attached hydrogen (secondary N) is 2. The normalized spacial score (nSPS) is 9.72. The van der Waals surface area contributed by atoms with Crippen LogP contribution in [0.2, 0.25) is 0 Å². The first-order valence-electron chi connectivity index (χ1n) is 5.11. The molecular formula is C13H12N2O3. The van der Waals surface area contributed by atoms with Gasteiger partial charge in [0.25, 0.3) is 0 Å². The Balaban J connectivity index is 2.58. The van der Waals surface area contributed by atoms with E-state index in [0.29, 0.717) is 5.69 Å². The Bertz CT molecular complexity index is 498. The molecule has 18 heavy (non-hydrogen) atoms. The molecule has 0 saturated carbocycles. The van der Waals surface area contributed by atoms with Gasteiger partial charge in [-0.2, -0.15) is 0 Å². The van der Waals surface area contributed by atoms with Crippen LogP contribution in [-0.2, 0) is 4.79 Å². The van der Waals surface area contributed by atoms with Crippen LogP contribution < -0.4 is 10.6 Å².